The lowest BCUT2D eigenvalue weighted by atomic mass is 10.0. The van der Waals surface area contributed by atoms with E-state index in [1.54, 1.807) is 18.2 Å². The molecule has 0 bridgehead atoms. The minimum atomic E-state index is -3.53. The number of nitrogens with two attached hydrogens (primary N) is 1. The fourth-order valence-electron chi connectivity index (χ4n) is 3.43. The Kier molecular flexibility index (Phi) is 5.82. The number of amides is 1. The van der Waals surface area contributed by atoms with Gasteiger partial charge in [-0.2, -0.15) is 0 Å². The second kappa shape index (κ2) is 7.22. The van der Waals surface area contributed by atoms with E-state index >= 15 is 0 Å². The van der Waals surface area contributed by atoms with Gasteiger partial charge in [0, 0.05) is 31.5 Å². The van der Waals surface area contributed by atoms with Gasteiger partial charge in [-0.1, -0.05) is 18.2 Å². The highest BCUT2D eigenvalue weighted by atomic mass is 35.5. The zero-order chi connectivity index (χ0) is 17.5. The minimum Gasteiger partial charge on any atom is -0.341 e. The Morgan fingerprint density at radius 1 is 1.20 bits per heavy atom. The quantitative estimate of drug-likeness (QED) is 0.741. The molecule has 0 radical (unpaired) electrons. The maximum absolute atomic E-state index is 12.3. The van der Waals surface area contributed by atoms with Gasteiger partial charge >= 0.3 is 0 Å². The average Bonchev–Trinajstić information content (AvgIpc) is 3.07. The zero-order valence-corrected chi connectivity index (χ0v) is 15.9. The van der Waals surface area contributed by atoms with Gasteiger partial charge in [0.05, 0.1) is 21.7 Å². The highest BCUT2D eigenvalue weighted by Gasteiger charge is 2.51. The van der Waals surface area contributed by atoms with Gasteiger partial charge in [-0.05, 0) is 12.1 Å². The summed E-state index contributed by atoms with van der Waals surface area (Å²) in [6.45, 7) is 0.403. The summed E-state index contributed by atoms with van der Waals surface area (Å²) in [5.74, 6) is -0.913. The Balaban J connectivity index is 0.00000225. The largest absolute Gasteiger partial charge is 0.341 e. The summed E-state index contributed by atoms with van der Waals surface area (Å²) in [5, 5.41) is -0.609. The number of hydrogen-bond acceptors (Lipinski definition) is 6. The van der Waals surface area contributed by atoms with Crippen LogP contribution in [-0.4, -0.2) is 63.5 Å². The Morgan fingerprint density at radius 2 is 1.84 bits per heavy atom. The van der Waals surface area contributed by atoms with E-state index in [1.807, 2.05) is 0 Å². The molecule has 1 amide bonds. The molecule has 140 valence electrons. The zero-order valence-electron chi connectivity index (χ0n) is 13.4. The van der Waals surface area contributed by atoms with E-state index in [9.17, 15) is 21.6 Å². The SMILES string of the molecule is Cl.N[C@@H]1CS(=O)(=O)[C@H]2CN(C(=O)CCS(=O)(=O)c3ccccc3)C[C@@H]12. The molecule has 2 saturated heterocycles. The average molecular weight is 409 g/mol. The minimum absolute atomic E-state index is 0. The van der Waals surface area contributed by atoms with E-state index < -0.39 is 31.0 Å². The van der Waals surface area contributed by atoms with Crippen molar-refractivity contribution in [2.45, 2.75) is 22.6 Å². The van der Waals surface area contributed by atoms with Gasteiger partial charge < -0.3 is 10.6 Å². The summed E-state index contributed by atoms with van der Waals surface area (Å²) in [7, 11) is -6.79. The molecule has 0 saturated carbocycles. The predicted octanol–water partition coefficient (Wildman–Crippen LogP) is -0.145. The summed E-state index contributed by atoms with van der Waals surface area (Å²) in [5.41, 5.74) is 5.86. The van der Waals surface area contributed by atoms with Gasteiger partial charge in [-0.25, -0.2) is 16.8 Å². The van der Waals surface area contributed by atoms with Crippen LogP contribution in [0.15, 0.2) is 35.2 Å². The van der Waals surface area contributed by atoms with Crippen molar-refractivity contribution in [3.63, 3.8) is 0 Å². The maximum Gasteiger partial charge on any atom is 0.223 e. The number of benzene rings is 1. The van der Waals surface area contributed by atoms with Gasteiger partial charge in [0.15, 0.2) is 19.7 Å². The van der Waals surface area contributed by atoms with Crippen molar-refractivity contribution in [1.29, 1.82) is 0 Å². The molecule has 10 heteroatoms. The van der Waals surface area contributed by atoms with Gasteiger partial charge in [0.1, 0.15) is 0 Å². The number of carbonyl (C=O) groups excluding carboxylic acids is 1. The van der Waals surface area contributed by atoms with Gasteiger partial charge in [-0.15, -0.1) is 12.4 Å². The smallest absolute Gasteiger partial charge is 0.223 e. The number of halogens is 1. The summed E-state index contributed by atoms with van der Waals surface area (Å²) in [6.07, 6.45) is -0.161. The number of carbonyl (C=O) groups is 1. The van der Waals surface area contributed by atoms with E-state index in [0.29, 0.717) is 0 Å². The van der Waals surface area contributed by atoms with Crippen LogP contribution in [0.5, 0.6) is 0 Å². The van der Waals surface area contributed by atoms with Crippen molar-refractivity contribution in [2.24, 2.45) is 11.7 Å². The first kappa shape index (κ1) is 20.2. The van der Waals surface area contributed by atoms with Crippen molar-refractivity contribution in [1.82, 2.24) is 4.90 Å². The van der Waals surface area contributed by atoms with Gasteiger partial charge in [-0.3, -0.25) is 4.79 Å². The summed E-state index contributed by atoms with van der Waals surface area (Å²) in [4.78, 5) is 13.9. The molecule has 2 N–H and O–H groups in total. The Labute approximate surface area is 153 Å². The molecular formula is C15H21ClN2O5S2. The fraction of sp³-hybridized carbons (Fsp3) is 0.533. The lowest BCUT2D eigenvalue weighted by molar-refractivity contribution is -0.129. The van der Waals surface area contributed by atoms with Crippen LogP contribution < -0.4 is 5.73 Å². The molecule has 0 spiro atoms. The molecule has 0 unspecified atom stereocenters. The molecule has 3 rings (SSSR count). The molecule has 25 heavy (non-hydrogen) atoms. The third-order valence-corrected chi connectivity index (χ3v) is 8.79. The van der Waals surface area contributed by atoms with E-state index in [-0.39, 0.29) is 60.1 Å². The molecule has 1 aromatic rings. The normalized spacial score (nSPS) is 27.6. The van der Waals surface area contributed by atoms with E-state index in [0.717, 1.165) is 0 Å². The van der Waals surface area contributed by atoms with E-state index in [2.05, 4.69) is 0 Å². The molecule has 1 aromatic carbocycles. The summed E-state index contributed by atoms with van der Waals surface area (Å²) >= 11 is 0. The van der Waals surface area contributed by atoms with Crippen LogP contribution in [0, 0.1) is 5.92 Å². The molecule has 7 nitrogen and oxygen atoms in total. The highest BCUT2D eigenvalue weighted by molar-refractivity contribution is 7.92. The van der Waals surface area contributed by atoms with Crippen LogP contribution in [0.3, 0.4) is 0 Å². The van der Waals surface area contributed by atoms with Gasteiger partial charge in [0.25, 0.3) is 0 Å². The van der Waals surface area contributed by atoms with Crippen LogP contribution in [0.25, 0.3) is 0 Å². The summed E-state index contributed by atoms with van der Waals surface area (Å²) < 4.78 is 48.5. The van der Waals surface area contributed by atoms with Crippen molar-refractivity contribution < 1.29 is 21.6 Å². The van der Waals surface area contributed by atoms with E-state index in [4.69, 9.17) is 5.73 Å². The first-order chi connectivity index (χ1) is 11.2. The third kappa shape index (κ3) is 3.99. The monoisotopic (exact) mass is 408 g/mol. The molecule has 0 aromatic heterocycles. The standard InChI is InChI=1S/C15H20N2O5S2.ClH/c16-13-10-24(21,22)14-9-17(8-12(13)14)15(18)6-7-23(19,20)11-4-2-1-3-5-11;/h1-5,12-14H,6-10,16H2;1H/t12-,13+,14-;/m0./s1. The number of likely N-dealkylation sites (tertiary alicyclic amines) is 1. The maximum atomic E-state index is 12.3. The number of sulfone groups is 2. The molecule has 2 aliphatic heterocycles. The topological polar surface area (TPSA) is 115 Å². The molecule has 2 fully saturated rings. The molecule has 2 aliphatic rings. The molecule has 2 heterocycles. The highest BCUT2D eigenvalue weighted by Crippen LogP contribution is 2.33. The van der Waals surface area contributed by atoms with E-state index in [1.165, 1.54) is 17.0 Å². The Morgan fingerprint density at radius 3 is 2.44 bits per heavy atom. The molecular weight excluding hydrogens is 388 g/mol. The third-order valence-electron chi connectivity index (χ3n) is 4.78. The number of fused-ring (bicyclic) bond motifs is 1. The lowest BCUT2D eigenvalue weighted by Crippen LogP contribution is -2.36. The Hall–Kier alpha value is -1.16. The van der Waals surface area contributed by atoms with Crippen LogP contribution in [0.1, 0.15) is 6.42 Å². The second-order valence-corrected chi connectivity index (χ2v) is 10.8. The van der Waals surface area contributed by atoms with Crippen LogP contribution in [-0.2, 0) is 24.5 Å². The fourth-order valence-corrected chi connectivity index (χ4v) is 6.94. The first-order valence-electron chi connectivity index (χ1n) is 7.73. The van der Waals surface area contributed by atoms with Crippen LogP contribution in [0.2, 0.25) is 0 Å². The van der Waals surface area contributed by atoms with Gasteiger partial charge in [0.2, 0.25) is 5.91 Å². The van der Waals surface area contributed by atoms with Crippen molar-refractivity contribution >= 4 is 38.0 Å². The predicted molar refractivity (Wildman–Crippen MR) is 96.0 cm³/mol. The van der Waals surface area contributed by atoms with Crippen molar-refractivity contribution in [2.75, 3.05) is 24.6 Å². The molecule has 0 aliphatic carbocycles. The first-order valence-corrected chi connectivity index (χ1v) is 11.1. The summed E-state index contributed by atoms with van der Waals surface area (Å²) in [6, 6.07) is 7.50. The van der Waals surface area contributed by atoms with Crippen LogP contribution >= 0.6 is 12.4 Å². The Bertz CT molecular complexity index is 842. The number of nitrogens with zero attached hydrogens (tertiary/aromatic N) is 1. The van der Waals surface area contributed by atoms with Crippen molar-refractivity contribution in [3.05, 3.63) is 30.3 Å². The van der Waals surface area contributed by atoms with Crippen LogP contribution in [0.4, 0.5) is 0 Å². The number of rotatable bonds is 4. The van der Waals surface area contributed by atoms with Crippen molar-refractivity contribution in [3.8, 4) is 0 Å². The molecule has 3 atom stereocenters. The second-order valence-electron chi connectivity index (χ2n) is 6.38. The lowest BCUT2D eigenvalue weighted by Gasteiger charge is -2.18. The number of hydrogen-bond donors (Lipinski definition) is 1.